The normalized spacial score (nSPS) is 14.7. The second kappa shape index (κ2) is 8.36. The number of nitrogens with zero attached hydrogens (tertiary/aromatic N) is 4. The molecule has 5 rings (SSSR count). The standard InChI is InChI=1S/C22H17F3N4O2S/c23-22(24,25)15-6-4-14(5-7-15)16-12-19(27-13-26-16)31-17-2-1-3-18-20(17)28-21(32-18)29-8-10-30-11-9-29/h1-7,12-13H,8-11H2. The van der Waals surface area contributed by atoms with E-state index < -0.39 is 11.7 Å². The lowest BCUT2D eigenvalue weighted by Gasteiger charge is -2.25. The van der Waals surface area contributed by atoms with Crippen molar-refractivity contribution in [2.45, 2.75) is 6.18 Å². The number of para-hydroxylation sites is 1. The molecule has 164 valence electrons. The summed E-state index contributed by atoms with van der Waals surface area (Å²) >= 11 is 1.59. The molecule has 2 aromatic carbocycles. The molecule has 6 nitrogen and oxygen atoms in total. The van der Waals surface area contributed by atoms with Crippen LogP contribution in [0.2, 0.25) is 0 Å². The zero-order valence-corrected chi connectivity index (χ0v) is 17.5. The average molecular weight is 458 g/mol. The molecule has 4 aromatic rings. The minimum Gasteiger partial charge on any atom is -0.437 e. The Morgan fingerprint density at radius 2 is 1.78 bits per heavy atom. The van der Waals surface area contributed by atoms with Gasteiger partial charge < -0.3 is 14.4 Å². The van der Waals surface area contributed by atoms with Crippen LogP contribution in [-0.4, -0.2) is 41.3 Å². The largest absolute Gasteiger partial charge is 0.437 e. The lowest BCUT2D eigenvalue weighted by Crippen LogP contribution is -2.36. The van der Waals surface area contributed by atoms with Crippen LogP contribution in [0.15, 0.2) is 54.9 Å². The number of benzene rings is 2. The SMILES string of the molecule is FC(F)(F)c1ccc(-c2cc(Oc3cccc4sc(N5CCOCC5)nc34)ncn2)cc1. The molecule has 1 fully saturated rings. The molecule has 32 heavy (non-hydrogen) atoms. The molecule has 10 heteroatoms. The number of ether oxygens (including phenoxy) is 2. The minimum absolute atomic E-state index is 0.281. The van der Waals surface area contributed by atoms with E-state index >= 15 is 0 Å². The molecule has 0 radical (unpaired) electrons. The molecule has 2 aromatic heterocycles. The highest BCUT2D eigenvalue weighted by Crippen LogP contribution is 2.36. The van der Waals surface area contributed by atoms with Crippen molar-refractivity contribution in [2.24, 2.45) is 0 Å². The number of halogens is 3. The summed E-state index contributed by atoms with van der Waals surface area (Å²) in [6, 6.07) is 12.1. The molecule has 0 atom stereocenters. The first-order valence-electron chi connectivity index (χ1n) is 9.87. The lowest BCUT2D eigenvalue weighted by molar-refractivity contribution is -0.137. The van der Waals surface area contributed by atoms with Crippen molar-refractivity contribution >= 4 is 26.7 Å². The average Bonchev–Trinajstić information content (AvgIpc) is 3.25. The highest BCUT2D eigenvalue weighted by molar-refractivity contribution is 7.22. The smallest absolute Gasteiger partial charge is 0.416 e. The molecule has 0 spiro atoms. The predicted octanol–water partition coefficient (Wildman–Crippen LogP) is 5.40. The van der Waals surface area contributed by atoms with Crippen LogP contribution in [0.5, 0.6) is 11.6 Å². The van der Waals surface area contributed by atoms with Crippen molar-refractivity contribution in [3.05, 3.63) is 60.4 Å². The van der Waals surface area contributed by atoms with Gasteiger partial charge in [-0.3, -0.25) is 0 Å². The van der Waals surface area contributed by atoms with Gasteiger partial charge in [-0.2, -0.15) is 13.2 Å². The Kier molecular flexibility index (Phi) is 5.40. The van der Waals surface area contributed by atoms with Crippen LogP contribution in [0.25, 0.3) is 21.5 Å². The second-order valence-electron chi connectivity index (χ2n) is 7.12. The predicted molar refractivity (Wildman–Crippen MR) is 115 cm³/mol. The Labute approximate surface area is 185 Å². The zero-order chi connectivity index (χ0) is 22.1. The van der Waals surface area contributed by atoms with Crippen molar-refractivity contribution in [3.8, 4) is 22.9 Å². The number of alkyl halides is 3. The van der Waals surface area contributed by atoms with E-state index in [0.717, 1.165) is 40.6 Å². The summed E-state index contributed by atoms with van der Waals surface area (Å²) < 4.78 is 50.8. The van der Waals surface area contributed by atoms with Crippen LogP contribution < -0.4 is 9.64 Å². The number of fused-ring (bicyclic) bond motifs is 1. The summed E-state index contributed by atoms with van der Waals surface area (Å²) in [6.45, 7) is 2.93. The Morgan fingerprint density at radius 1 is 1.00 bits per heavy atom. The highest BCUT2D eigenvalue weighted by Gasteiger charge is 2.30. The molecular formula is C22H17F3N4O2S. The first kappa shape index (κ1) is 20.7. The van der Waals surface area contributed by atoms with Gasteiger partial charge in [0.05, 0.1) is 29.2 Å². The van der Waals surface area contributed by atoms with E-state index in [1.165, 1.54) is 18.5 Å². The first-order chi connectivity index (χ1) is 15.5. The fourth-order valence-corrected chi connectivity index (χ4v) is 4.41. The lowest BCUT2D eigenvalue weighted by atomic mass is 10.1. The number of anilines is 1. The van der Waals surface area contributed by atoms with Crippen LogP contribution in [-0.2, 0) is 10.9 Å². The Balaban J connectivity index is 1.41. The van der Waals surface area contributed by atoms with E-state index in [0.29, 0.717) is 30.2 Å². The maximum atomic E-state index is 12.8. The van der Waals surface area contributed by atoms with E-state index in [2.05, 4.69) is 14.9 Å². The van der Waals surface area contributed by atoms with Gasteiger partial charge in [-0.1, -0.05) is 29.5 Å². The molecule has 0 aliphatic carbocycles. The quantitative estimate of drug-likeness (QED) is 0.408. The third-order valence-electron chi connectivity index (χ3n) is 5.02. The van der Waals surface area contributed by atoms with Crippen molar-refractivity contribution in [1.29, 1.82) is 0 Å². The van der Waals surface area contributed by atoms with Gasteiger partial charge in [-0.15, -0.1) is 0 Å². The van der Waals surface area contributed by atoms with Crippen LogP contribution in [0, 0.1) is 0 Å². The molecule has 0 saturated carbocycles. The van der Waals surface area contributed by atoms with Crippen molar-refractivity contribution in [1.82, 2.24) is 15.0 Å². The van der Waals surface area contributed by atoms with E-state index in [1.54, 1.807) is 17.4 Å². The number of hydrogen-bond donors (Lipinski definition) is 0. The van der Waals surface area contributed by atoms with Gasteiger partial charge in [0, 0.05) is 24.7 Å². The molecule has 0 amide bonds. The van der Waals surface area contributed by atoms with Crippen molar-refractivity contribution in [3.63, 3.8) is 0 Å². The van der Waals surface area contributed by atoms with Gasteiger partial charge >= 0.3 is 6.18 Å². The Morgan fingerprint density at radius 3 is 2.53 bits per heavy atom. The summed E-state index contributed by atoms with van der Waals surface area (Å²) in [5, 5.41) is 0.910. The summed E-state index contributed by atoms with van der Waals surface area (Å²) in [6.07, 6.45) is -3.06. The van der Waals surface area contributed by atoms with Gasteiger partial charge in [-0.05, 0) is 24.3 Å². The Hall–Kier alpha value is -3.24. The van der Waals surface area contributed by atoms with Crippen LogP contribution >= 0.6 is 11.3 Å². The summed E-state index contributed by atoms with van der Waals surface area (Å²) in [4.78, 5) is 15.3. The summed E-state index contributed by atoms with van der Waals surface area (Å²) in [7, 11) is 0. The molecular weight excluding hydrogens is 441 g/mol. The maximum absolute atomic E-state index is 12.8. The van der Waals surface area contributed by atoms with Crippen LogP contribution in [0.3, 0.4) is 0 Å². The third kappa shape index (κ3) is 4.23. The number of hydrogen-bond acceptors (Lipinski definition) is 7. The second-order valence-corrected chi connectivity index (χ2v) is 8.13. The van der Waals surface area contributed by atoms with Gasteiger partial charge in [-0.25, -0.2) is 15.0 Å². The van der Waals surface area contributed by atoms with Gasteiger partial charge in [0.25, 0.3) is 0 Å². The van der Waals surface area contributed by atoms with E-state index in [1.807, 2.05) is 18.2 Å². The van der Waals surface area contributed by atoms with Crippen molar-refractivity contribution in [2.75, 3.05) is 31.2 Å². The fraction of sp³-hybridized carbons (Fsp3) is 0.227. The van der Waals surface area contributed by atoms with Gasteiger partial charge in [0.2, 0.25) is 5.88 Å². The van der Waals surface area contributed by atoms with Gasteiger partial charge in [0.1, 0.15) is 11.8 Å². The third-order valence-corrected chi connectivity index (χ3v) is 6.10. The minimum atomic E-state index is -4.38. The maximum Gasteiger partial charge on any atom is 0.416 e. The van der Waals surface area contributed by atoms with Crippen LogP contribution in [0.1, 0.15) is 5.56 Å². The monoisotopic (exact) mass is 458 g/mol. The molecule has 1 saturated heterocycles. The number of morpholine rings is 1. The molecule has 3 heterocycles. The zero-order valence-electron chi connectivity index (χ0n) is 16.7. The molecule has 1 aliphatic heterocycles. The first-order valence-corrected chi connectivity index (χ1v) is 10.7. The highest BCUT2D eigenvalue weighted by atomic mass is 32.1. The van der Waals surface area contributed by atoms with E-state index in [-0.39, 0.29) is 5.88 Å². The fourth-order valence-electron chi connectivity index (χ4n) is 3.38. The molecule has 0 unspecified atom stereocenters. The number of rotatable bonds is 4. The molecule has 0 N–H and O–H groups in total. The van der Waals surface area contributed by atoms with E-state index in [4.69, 9.17) is 14.5 Å². The Bertz CT molecular complexity index is 1240. The molecule has 0 bridgehead atoms. The number of thiazole rings is 1. The summed E-state index contributed by atoms with van der Waals surface area (Å²) in [5.41, 5.74) is 1.02. The number of aromatic nitrogens is 3. The van der Waals surface area contributed by atoms with Gasteiger partial charge in [0.15, 0.2) is 10.9 Å². The topological polar surface area (TPSA) is 60.4 Å². The van der Waals surface area contributed by atoms with E-state index in [9.17, 15) is 13.2 Å². The molecule has 1 aliphatic rings. The van der Waals surface area contributed by atoms with Crippen molar-refractivity contribution < 1.29 is 22.6 Å². The summed E-state index contributed by atoms with van der Waals surface area (Å²) in [5.74, 6) is 0.832. The van der Waals surface area contributed by atoms with Crippen LogP contribution in [0.4, 0.5) is 18.3 Å².